The number of benzene rings is 1. The van der Waals surface area contributed by atoms with Crippen LogP contribution in [0.1, 0.15) is 33.6 Å². The molecule has 1 aromatic rings. The number of fused-ring (bicyclic) bond motifs is 2. The minimum atomic E-state index is -1.18. The largest absolute Gasteiger partial charge is 0.448 e. The summed E-state index contributed by atoms with van der Waals surface area (Å²) < 4.78 is 5.54. The lowest BCUT2D eigenvalue weighted by molar-refractivity contribution is -0.165. The summed E-state index contributed by atoms with van der Waals surface area (Å²) in [6.07, 6.45) is 1.12. The van der Waals surface area contributed by atoms with E-state index in [2.05, 4.69) is 5.32 Å². The first-order chi connectivity index (χ1) is 10.2. The number of ether oxygens (including phenoxy) is 1. The minimum absolute atomic E-state index is 0.316. The summed E-state index contributed by atoms with van der Waals surface area (Å²) in [5.74, 6) is -0.689. The Labute approximate surface area is 139 Å². The lowest BCUT2D eigenvalue weighted by atomic mass is 9.66. The van der Waals surface area contributed by atoms with Gasteiger partial charge in [-0.3, -0.25) is 9.59 Å². The molecular weight excluding hydrogens is 325 g/mol. The first-order valence-corrected chi connectivity index (χ1v) is 7.90. The summed E-state index contributed by atoms with van der Waals surface area (Å²) in [6.45, 7) is 5.66. The molecule has 1 aliphatic carbocycles. The molecule has 1 N–H and O–H groups in total. The van der Waals surface area contributed by atoms with Gasteiger partial charge in [0.1, 0.15) is 0 Å². The molecule has 4 nitrogen and oxygen atoms in total. The highest BCUT2D eigenvalue weighted by molar-refractivity contribution is 6.39. The second-order valence-electron chi connectivity index (χ2n) is 6.72. The molecule has 0 spiro atoms. The van der Waals surface area contributed by atoms with Crippen LogP contribution in [0.5, 0.6) is 0 Å². The summed E-state index contributed by atoms with van der Waals surface area (Å²) in [7, 11) is 0. The molecule has 2 atom stereocenters. The average Bonchev–Trinajstić information content (AvgIpc) is 2.73. The topological polar surface area (TPSA) is 55.4 Å². The number of carbonyl (C=O) groups is 2. The Kier molecular flexibility index (Phi) is 3.28. The van der Waals surface area contributed by atoms with E-state index in [-0.39, 0.29) is 11.9 Å². The number of anilines is 1. The molecule has 0 aromatic heterocycles. The van der Waals surface area contributed by atoms with E-state index >= 15 is 0 Å². The number of para-hydroxylation sites is 1. The Morgan fingerprint density at radius 2 is 1.77 bits per heavy atom. The monoisotopic (exact) mass is 341 g/mol. The third kappa shape index (κ3) is 1.71. The Bertz CT molecular complexity index is 668. The Morgan fingerprint density at radius 1 is 1.18 bits per heavy atom. The van der Waals surface area contributed by atoms with Gasteiger partial charge < -0.3 is 10.1 Å². The van der Waals surface area contributed by atoms with Crippen LogP contribution in [0.2, 0.25) is 10.0 Å². The molecule has 1 saturated carbocycles. The second-order valence-corrected chi connectivity index (χ2v) is 7.54. The quantitative estimate of drug-likeness (QED) is 0.825. The van der Waals surface area contributed by atoms with Crippen molar-refractivity contribution in [3.8, 4) is 0 Å². The van der Waals surface area contributed by atoms with Gasteiger partial charge in [-0.2, -0.15) is 0 Å². The van der Waals surface area contributed by atoms with Crippen molar-refractivity contribution in [3.63, 3.8) is 0 Å². The van der Waals surface area contributed by atoms with Crippen LogP contribution in [-0.2, 0) is 14.3 Å². The standard InChI is InChI=1S/C16H17Cl2NO3/c1-14(2)15(3)7-8-16(14,22-13(15)21)12(20)19-11-9(17)5-4-6-10(11)18/h4-6H,7-8H2,1-3H3,(H,19,20)/t15-,16-/m1/s1. The van der Waals surface area contributed by atoms with Crippen LogP contribution in [0.3, 0.4) is 0 Å². The highest BCUT2D eigenvalue weighted by atomic mass is 35.5. The minimum Gasteiger partial charge on any atom is -0.448 e. The van der Waals surface area contributed by atoms with Gasteiger partial charge >= 0.3 is 5.97 Å². The molecular formula is C16H17Cl2NO3. The van der Waals surface area contributed by atoms with Crippen LogP contribution in [0.25, 0.3) is 0 Å². The van der Waals surface area contributed by atoms with Crippen LogP contribution < -0.4 is 5.32 Å². The molecule has 1 saturated heterocycles. The van der Waals surface area contributed by atoms with Gasteiger partial charge in [-0.15, -0.1) is 0 Å². The average molecular weight is 342 g/mol. The fraction of sp³-hybridized carbons (Fsp3) is 0.500. The van der Waals surface area contributed by atoms with Crippen LogP contribution in [0.15, 0.2) is 18.2 Å². The van der Waals surface area contributed by atoms with Gasteiger partial charge in [0, 0.05) is 5.41 Å². The predicted molar refractivity (Wildman–Crippen MR) is 85.0 cm³/mol. The molecule has 1 amide bonds. The van der Waals surface area contributed by atoms with Crippen LogP contribution >= 0.6 is 23.2 Å². The van der Waals surface area contributed by atoms with E-state index < -0.39 is 16.4 Å². The molecule has 1 heterocycles. The number of nitrogens with one attached hydrogen (secondary N) is 1. The van der Waals surface area contributed by atoms with Gasteiger partial charge in [-0.05, 0) is 31.9 Å². The molecule has 0 radical (unpaired) electrons. The Hall–Kier alpha value is -1.26. The fourth-order valence-corrected chi connectivity index (χ4v) is 4.07. The summed E-state index contributed by atoms with van der Waals surface area (Å²) in [6, 6.07) is 4.99. The smallest absolute Gasteiger partial charge is 0.313 e. The third-order valence-electron chi connectivity index (χ3n) is 5.65. The lowest BCUT2D eigenvalue weighted by Gasteiger charge is -2.35. The number of hydrogen-bond donors (Lipinski definition) is 1. The maximum absolute atomic E-state index is 12.9. The second kappa shape index (κ2) is 4.62. The summed E-state index contributed by atoms with van der Waals surface area (Å²) in [5, 5.41) is 3.45. The van der Waals surface area contributed by atoms with E-state index in [9.17, 15) is 9.59 Å². The van der Waals surface area contributed by atoms with Crippen LogP contribution in [-0.4, -0.2) is 17.5 Å². The summed E-state index contributed by atoms with van der Waals surface area (Å²) in [5.41, 5.74) is -2.08. The van der Waals surface area contributed by atoms with Gasteiger partial charge in [0.05, 0.1) is 21.1 Å². The Morgan fingerprint density at radius 3 is 2.23 bits per heavy atom. The van der Waals surface area contributed by atoms with Gasteiger partial charge in [-0.25, -0.2) is 0 Å². The lowest BCUT2D eigenvalue weighted by Crippen LogP contribution is -2.50. The Balaban J connectivity index is 1.98. The molecule has 2 bridgehead atoms. The zero-order valence-electron chi connectivity index (χ0n) is 12.6. The van der Waals surface area contributed by atoms with E-state index in [1.54, 1.807) is 18.2 Å². The van der Waals surface area contributed by atoms with Crippen molar-refractivity contribution in [1.82, 2.24) is 0 Å². The molecule has 6 heteroatoms. The maximum atomic E-state index is 12.9. The van der Waals surface area contributed by atoms with E-state index in [0.29, 0.717) is 28.6 Å². The van der Waals surface area contributed by atoms with Crippen molar-refractivity contribution in [3.05, 3.63) is 28.2 Å². The van der Waals surface area contributed by atoms with Crippen molar-refractivity contribution >= 4 is 40.8 Å². The molecule has 22 heavy (non-hydrogen) atoms. The normalized spacial score (nSPS) is 32.0. The molecule has 118 valence electrons. The SMILES string of the molecule is CC1(C)[C@]2(C)CC[C@]1(C(=O)Nc1c(Cl)cccc1Cl)OC2=O. The molecule has 1 aromatic carbocycles. The van der Waals surface area contributed by atoms with Crippen molar-refractivity contribution < 1.29 is 14.3 Å². The molecule has 1 aliphatic heterocycles. The number of carbonyl (C=O) groups excluding carboxylic acids is 2. The summed E-state index contributed by atoms with van der Waals surface area (Å²) in [4.78, 5) is 25.1. The highest BCUT2D eigenvalue weighted by Crippen LogP contribution is 2.65. The van der Waals surface area contributed by atoms with E-state index in [1.807, 2.05) is 20.8 Å². The maximum Gasteiger partial charge on any atom is 0.313 e. The van der Waals surface area contributed by atoms with E-state index in [0.717, 1.165) is 0 Å². The van der Waals surface area contributed by atoms with Gasteiger partial charge in [-0.1, -0.05) is 43.1 Å². The number of halogens is 2. The van der Waals surface area contributed by atoms with Crippen LogP contribution in [0.4, 0.5) is 5.69 Å². The number of rotatable bonds is 2. The molecule has 2 aliphatic rings. The van der Waals surface area contributed by atoms with Gasteiger partial charge in [0.15, 0.2) is 5.60 Å². The number of hydrogen-bond acceptors (Lipinski definition) is 3. The first-order valence-electron chi connectivity index (χ1n) is 7.15. The van der Waals surface area contributed by atoms with E-state index in [1.165, 1.54) is 0 Å². The highest BCUT2D eigenvalue weighted by Gasteiger charge is 2.75. The number of esters is 1. The predicted octanol–water partition coefficient (Wildman–Crippen LogP) is 4.05. The number of amides is 1. The summed E-state index contributed by atoms with van der Waals surface area (Å²) >= 11 is 12.2. The van der Waals surface area contributed by atoms with Crippen molar-refractivity contribution in [2.75, 3.05) is 5.32 Å². The zero-order valence-corrected chi connectivity index (χ0v) is 14.1. The zero-order chi connectivity index (χ0) is 16.3. The van der Waals surface area contributed by atoms with Crippen molar-refractivity contribution in [2.45, 2.75) is 39.2 Å². The van der Waals surface area contributed by atoms with Gasteiger partial charge in [0.25, 0.3) is 5.91 Å². The first kappa shape index (κ1) is 15.6. The van der Waals surface area contributed by atoms with Crippen molar-refractivity contribution in [2.24, 2.45) is 10.8 Å². The van der Waals surface area contributed by atoms with Crippen LogP contribution in [0, 0.1) is 10.8 Å². The fourth-order valence-electron chi connectivity index (χ4n) is 3.58. The van der Waals surface area contributed by atoms with Gasteiger partial charge in [0.2, 0.25) is 0 Å². The van der Waals surface area contributed by atoms with E-state index in [4.69, 9.17) is 27.9 Å². The molecule has 0 unspecified atom stereocenters. The molecule has 2 fully saturated rings. The third-order valence-corrected chi connectivity index (χ3v) is 6.28. The molecule has 3 rings (SSSR count). The van der Waals surface area contributed by atoms with Crippen molar-refractivity contribution in [1.29, 1.82) is 0 Å².